The van der Waals surface area contributed by atoms with Gasteiger partial charge in [0.15, 0.2) is 8.32 Å². The minimum atomic E-state index is -3.96. The standard InChI is InChI=1S/C25H39O5PSi/c1-6-28-31(27,29-7-2)25(30-32(3,4)5,23(26)22-11-9-8-10-12-22)24-16-19-13-20(17-24)15-21(14-19)18-24/h8-12,19-21H,6-7,13-18H2,1-5H3. The topological polar surface area (TPSA) is 61.8 Å². The highest BCUT2D eigenvalue weighted by Crippen LogP contribution is 2.76. The Hall–Kier alpha value is -0.783. The number of hydrogen-bond acceptors (Lipinski definition) is 5. The Labute approximate surface area is 194 Å². The highest BCUT2D eigenvalue weighted by atomic mass is 31.2. The van der Waals surface area contributed by atoms with Gasteiger partial charge in [-0.15, -0.1) is 0 Å². The maximum atomic E-state index is 14.9. The Bertz CT molecular complexity index is 835. The average molecular weight is 479 g/mol. The Kier molecular flexibility index (Phi) is 6.68. The Morgan fingerprint density at radius 2 is 1.44 bits per heavy atom. The average Bonchev–Trinajstić information content (AvgIpc) is 2.70. The Balaban J connectivity index is 1.99. The van der Waals surface area contributed by atoms with Gasteiger partial charge in [0.05, 0.1) is 13.2 Å². The van der Waals surface area contributed by atoms with Gasteiger partial charge in [-0.3, -0.25) is 9.36 Å². The summed E-state index contributed by atoms with van der Waals surface area (Å²) >= 11 is 0. The number of hydrogen-bond donors (Lipinski definition) is 0. The van der Waals surface area contributed by atoms with Crippen LogP contribution in [0.25, 0.3) is 0 Å². The number of carbonyl (C=O) groups excluding carboxylic acids is 1. The maximum Gasteiger partial charge on any atom is 0.369 e. The molecule has 1 aromatic rings. The van der Waals surface area contributed by atoms with Gasteiger partial charge in [0.25, 0.3) is 0 Å². The third kappa shape index (κ3) is 4.00. The van der Waals surface area contributed by atoms with E-state index in [1.54, 1.807) is 0 Å². The zero-order valence-electron chi connectivity index (χ0n) is 20.3. The van der Waals surface area contributed by atoms with Crippen LogP contribution in [0.15, 0.2) is 30.3 Å². The van der Waals surface area contributed by atoms with E-state index in [-0.39, 0.29) is 19.0 Å². The maximum absolute atomic E-state index is 14.9. The number of ketones is 1. The van der Waals surface area contributed by atoms with Crippen molar-refractivity contribution in [2.24, 2.45) is 23.2 Å². The van der Waals surface area contributed by atoms with Crippen LogP contribution < -0.4 is 0 Å². The van der Waals surface area contributed by atoms with Crippen LogP contribution in [0.3, 0.4) is 0 Å². The molecule has 5 nitrogen and oxygen atoms in total. The highest BCUT2D eigenvalue weighted by Gasteiger charge is 2.73. The molecule has 4 aliphatic rings. The Morgan fingerprint density at radius 3 is 1.84 bits per heavy atom. The summed E-state index contributed by atoms with van der Waals surface area (Å²) in [4.78, 5) is 14.6. The zero-order chi connectivity index (χ0) is 23.2. The van der Waals surface area contributed by atoms with Crippen LogP contribution >= 0.6 is 7.60 Å². The van der Waals surface area contributed by atoms with E-state index in [0.29, 0.717) is 23.3 Å². The van der Waals surface area contributed by atoms with Crippen LogP contribution in [-0.2, 0) is 18.0 Å². The second-order valence-electron chi connectivity index (χ2n) is 11.1. The Morgan fingerprint density at radius 1 is 0.969 bits per heavy atom. The van der Waals surface area contributed by atoms with Crippen LogP contribution in [0.4, 0.5) is 0 Å². The summed E-state index contributed by atoms with van der Waals surface area (Å²) in [5, 5.41) is -1.60. The number of rotatable bonds is 10. The van der Waals surface area contributed by atoms with Crippen molar-refractivity contribution >= 4 is 21.7 Å². The number of benzene rings is 1. The monoisotopic (exact) mass is 478 g/mol. The molecule has 0 heterocycles. The minimum absolute atomic E-state index is 0.211. The lowest BCUT2D eigenvalue weighted by Gasteiger charge is -2.63. The van der Waals surface area contributed by atoms with E-state index in [0.717, 1.165) is 19.3 Å². The van der Waals surface area contributed by atoms with Crippen molar-refractivity contribution in [3.63, 3.8) is 0 Å². The van der Waals surface area contributed by atoms with Crippen LogP contribution in [0.1, 0.15) is 62.7 Å². The van der Waals surface area contributed by atoms with E-state index in [1.165, 1.54) is 19.3 Å². The first-order chi connectivity index (χ1) is 15.1. The van der Waals surface area contributed by atoms with Crippen LogP contribution in [0, 0.1) is 23.2 Å². The number of carbonyl (C=O) groups is 1. The molecule has 32 heavy (non-hydrogen) atoms. The minimum Gasteiger partial charge on any atom is -0.395 e. The molecule has 5 rings (SSSR count). The smallest absolute Gasteiger partial charge is 0.369 e. The SMILES string of the molecule is CCOP(=O)(OCC)C(O[Si](C)(C)C)(C(=O)c1ccccc1)C12CC3CC(CC(C3)C1)C2. The second kappa shape index (κ2) is 8.78. The molecule has 4 saturated carbocycles. The molecular weight excluding hydrogens is 439 g/mol. The summed E-state index contributed by atoms with van der Waals surface area (Å²) in [5.74, 6) is 1.47. The molecule has 1 unspecified atom stereocenters. The van der Waals surface area contributed by atoms with E-state index >= 15 is 0 Å². The molecule has 1 atom stereocenters. The first-order valence-electron chi connectivity index (χ1n) is 12.3. The van der Waals surface area contributed by atoms with Crippen molar-refractivity contribution in [2.45, 2.75) is 77.4 Å². The molecule has 0 aromatic heterocycles. The molecule has 4 bridgehead atoms. The van der Waals surface area contributed by atoms with Crippen molar-refractivity contribution in [2.75, 3.05) is 13.2 Å². The van der Waals surface area contributed by atoms with Gasteiger partial charge in [0.2, 0.25) is 11.1 Å². The van der Waals surface area contributed by atoms with E-state index in [1.807, 2.05) is 44.2 Å². The first-order valence-corrected chi connectivity index (χ1v) is 17.2. The molecule has 1 aromatic carbocycles. The third-order valence-corrected chi connectivity index (χ3v) is 11.4. The lowest BCUT2D eigenvalue weighted by molar-refractivity contribution is -0.125. The summed E-state index contributed by atoms with van der Waals surface area (Å²) in [6.45, 7) is 10.3. The summed E-state index contributed by atoms with van der Waals surface area (Å²) in [7, 11) is -6.33. The quantitative estimate of drug-likeness (QED) is 0.208. The van der Waals surface area contributed by atoms with Gasteiger partial charge in [-0.05, 0) is 89.8 Å². The van der Waals surface area contributed by atoms with E-state index < -0.39 is 26.7 Å². The van der Waals surface area contributed by atoms with Crippen molar-refractivity contribution in [1.82, 2.24) is 0 Å². The predicted molar refractivity (Wildman–Crippen MR) is 129 cm³/mol. The fraction of sp³-hybridized carbons (Fsp3) is 0.720. The molecule has 4 aliphatic carbocycles. The van der Waals surface area contributed by atoms with E-state index in [2.05, 4.69) is 19.6 Å². The molecule has 0 amide bonds. The van der Waals surface area contributed by atoms with Crippen LogP contribution in [0.2, 0.25) is 19.6 Å². The molecule has 4 fully saturated rings. The fourth-order valence-corrected chi connectivity index (χ4v) is 12.0. The van der Waals surface area contributed by atoms with Crippen LogP contribution in [0.5, 0.6) is 0 Å². The van der Waals surface area contributed by atoms with Gasteiger partial charge in [-0.1, -0.05) is 30.3 Å². The lowest BCUT2D eigenvalue weighted by Crippen LogP contribution is -2.65. The van der Waals surface area contributed by atoms with Gasteiger partial charge in [-0.25, -0.2) is 0 Å². The first kappa shape index (κ1) is 24.3. The van der Waals surface area contributed by atoms with Crippen molar-refractivity contribution in [3.05, 3.63) is 35.9 Å². The molecular formula is C25H39O5PSi. The third-order valence-electron chi connectivity index (χ3n) is 7.54. The van der Waals surface area contributed by atoms with Crippen LogP contribution in [-0.4, -0.2) is 32.7 Å². The molecule has 7 heteroatoms. The van der Waals surface area contributed by atoms with Gasteiger partial charge in [-0.2, -0.15) is 0 Å². The molecule has 0 radical (unpaired) electrons. The van der Waals surface area contributed by atoms with Gasteiger partial charge in [0.1, 0.15) is 0 Å². The molecule has 0 N–H and O–H groups in total. The van der Waals surface area contributed by atoms with Crippen molar-refractivity contribution < 1.29 is 22.8 Å². The molecule has 0 saturated heterocycles. The van der Waals surface area contributed by atoms with Gasteiger partial charge in [0, 0.05) is 11.0 Å². The normalized spacial score (nSPS) is 31.5. The summed E-state index contributed by atoms with van der Waals surface area (Å²) in [6, 6.07) is 9.24. The summed E-state index contributed by atoms with van der Waals surface area (Å²) in [6.07, 6.45) is 6.25. The van der Waals surface area contributed by atoms with Gasteiger partial charge >= 0.3 is 7.60 Å². The zero-order valence-corrected chi connectivity index (χ0v) is 22.2. The van der Waals surface area contributed by atoms with Crippen molar-refractivity contribution in [1.29, 1.82) is 0 Å². The van der Waals surface area contributed by atoms with Crippen molar-refractivity contribution in [3.8, 4) is 0 Å². The number of Topliss-reactive ketones (excluding diaryl/α,β-unsaturated/α-hetero) is 1. The van der Waals surface area contributed by atoms with E-state index in [9.17, 15) is 9.36 Å². The summed E-state index contributed by atoms with van der Waals surface area (Å²) in [5.41, 5.74) is 0.00980. The fourth-order valence-electron chi connectivity index (χ4n) is 7.18. The largest absolute Gasteiger partial charge is 0.395 e. The second-order valence-corrected chi connectivity index (χ2v) is 17.7. The predicted octanol–water partition coefficient (Wildman–Crippen LogP) is 6.90. The molecule has 0 spiro atoms. The highest BCUT2D eigenvalue weighted by molar-refractivity contribution is 7.56. The molecule has 178 valence electrons. The summed E-state index contributed by atoms with van der Waals surface area (Å²) < 4.78 is 33.9. The van der Waals surface area contributed by atoms with E-state index in [4.69, 9.17) is 13.5 Å². The molecule has 0 aliphatic heterocycles. The lowest BCUT2D eigenvalue weighted by atomic mass is 9.47. The van der Waals surface area contributed by atoms with Gasteiger partial charge < -0.3 is 13.5 Å².